The van der Waals surface area contributed by atoms with Gasteiger partial charge in [0.05, 0.1) is 12.7 Å². The van der Waals surface area contributed by atoms with Crippen molar-refractivity contribution in [3.8, 4) is 11.5 Å². The van der Waals surface area contributed by atoms with Gasteiger partial charge in [0.1, 0.15) is 0 Å². The molecule has 2 aliphatic heterocycles. The molecule has 4 rings (SSSR count). The van der Waals surface area contributed by atoms with Gasteiger partial charge in [0.15, 0.2) is 11.5 Å². The van der Waals surface area contributed by atoms with Crippen molar-refractivity contribution >= 4 is 0 Å². The summed E-state index contributed by atoms with van der Waals surface area (Å²) in [5.74, 6) is 1.68. The summed E-state index contributed by atoms with van der Waals surface area (Å²) in [7, 11) is 0. The van der Waals surface area contributed by atoms with E-state index in [2.05, 4.69) is 41.7 Å². The van der Waals surface area contributed by atoms with Crippen molar-refractivity contribution in [3.63, 3.8) is 0 Å². The molecular weight excluding hydrogens is 278 g/mol. The molecule has 0 spiro atoms. The second-order valence-corrected chi connectivity index (χ2v) is 5.67. The van der Waals surface area contributed by atoms with Gasteiger partial charge >= 0.3 is 0 Å². The minimum Gasteiger partial charge on any atom is -0.454 e. The Kier molecular flexibility index (Phi) is 3.70. The first-order valence-electron chi connectivity index (χ1n) is 7.68. The molecule has 0 aliphatic carbocycles. The highest BCUT2D eigenvalue weighted by Crippen LogP contribution is 2.33. The number of rotatable bonds is 3. The van der Waals surface area contributed by atoms with Crippen molar-refractivity contribution in [2.45, 2.75) is 12.5 Å². The molecule has 1 atom stereocenters. The first kappa shape index (κ1) is 13.6. The monoisotopic (exact) mass is 297 g/mol. The maximum atomic E-state index is 5.78. The van der Waals surface area contributed by atoms with Gasteiger partial charge in [-0.2, -0.15) is 0 Å². The topological polar surface area (TPSA) is 39.7 Å². The van der Waals surface area contributed by atoms with Gasteiger partial charge in [0, 0.05) is 13.1 Å². The summed E-state index contributed by atoms with van der Waals surface area (Å²) in [4.78, 5) is 0. The minimum absolute atomic E-state index is 0.174. The third-order valence-electron chi connectivity index (χ3n) is 4.12. The lowest BCUT2D eigenvalue weighted by atomic mass is 10.0. The second-order valence-electron chi connectivity index (χ2n) is 5.67. The van der Waals surface area contributed by atoms with Gasteiger partial charge in [-0.25, -0.2) is 0 Å². The highest BCUT2D eigenvalue weighted by Gasteiger charge is 2.16. The number of morpholine rings is 1. The number of ether oxygens (including phenoxy) is 3. The van der Waals surface area contributed by atoms with E-state index < -0.39 is 0 Å². The zero-order chi connectivity index (χ0) is 14.8. The van der Waals surface area contributed by atoms with E-state index in [0.29, 0.717) is 6.79 Å². The number of hydrogen-bond acceptors (Lipinski definition) is 4. The predicted octanol–water partition coefficient (Wildman–Crippen LogP) is 2.67. The van der Waals surface area contributed by atoms with Gasteiger partial charge < -0.3 is 19.5 Å². The van der Waals surface area contributed by atoms with E-state index in [0.717, 1.165) is 37.6 Å². The molecule has 22 heavy (non-hydrogen) atoms. The molecule has 0 saturated carbocycles. The SMILES string of the molecule is c1cc([C@H]2CNCCO2)ccc1Cc1ccc2c(c1)OCO2. The van der Waals surface area contributed by atoms with E-state index >= 15 is 0 Å². The quantitative estimate of drug-likeness (QED) is 0.945. The summed E-state index contributed by atoms with van der Waals surface area (Å²) in [6, 6.07) is 14.8. The Morgan fingerprint density at radius 2 is 1.77 bits per heavy atom. The summed E-state index contributed by atoms with van der Waals surface area (Å²) in [6.07, 6.45) is 1.06. The molecule has 2 aliphatic rings. The predicted molar refractivity (Wildman–Crippen MR) is 83.4 cm³/mol. The smallest absolute Gasteiger partial charge is 0.231 e. The van der Waals surface area contributed by atoms with Crippen LogP contribution in [0.3, 0.4) is 0 Å². The molecule has 0 aromatic heterocycles. The third-order valence-corrected chi connectivity index (χ3v) is 4.12. The molecule has 2 heterocycles. The average Bonchev–Trinajstić information content (AvgIpc) is 3.04. The summed E-state index contributed by atoms with van der Waals surface area (Å²) in [5, 5.41) is 3.36. The molecule has 0 unspecified atom stereocenters. The largest absolute Gasteiger partial charge is 0.454 e. The van der Waals surface area contributed by atoms with E-state index in [4.69, 9.17) is 14.2 Å². The van der Waals surface area contributed by atoms with Crippen molar-refractivity contribution in [3.05, 3.63) is 59.2 Å². The van der Waals surface area contributed by atoms with Crippen molar-refractivity contribution in [1.29, 1.82) is 0 Å². The Morgan fingerprint density at radius 1 is 0.955 bits per heavy atom. The molecule has 1 N–H and O–H groups in total. The van der Waals surface area contributed by atoms with Gasteiger partial charge in [-0.05, 0) is 35.2 Å². The van der Waals surface area contributed by atoms with Gasteiger partial charge in [0.2, 0.25) is 6.79 Å². The number of benzene rings is 2. The number of hydrogen-bond donors (Lipinski definition) is 1. The molecule has 114 valence electrons. The normalized spacial score (nSPS) is 20.1. The standard InChI is InChI=1S/C18H19NO3/c1-4-15(18-11-19-7-8-20-18)5-2-13(1)9-14-3-6-16-17(10-14)22-12-21-16/h1-6,10,18-19H,7-9,11-12H2/t18-/m1/s1. The molecule has 4 nitrogen and oxygen atoms in total. The molecular formula is C18H19NO3. The summed E-state index contributed by atoms with van der Waals surface area (Å²) in [5.41, 5.74) is 3.75. The van der Waals surface area contributed by atoms with Crippen LogP contribution >= 0.6 is 0 Å². The highest BCUT2D eigenvalue weighted by atomic mass is 16.7. The third kappa shape index (κ3) is 2.80. The van der Waals surface area contributed by atoms with Crippen LogP contribution < -0.4 is 14.8 Å². The van der Waals surface area contributed by atoms with E-state index in [-0.39, 0.29) is 6.10 Å². The Balaban J connectivity index is 1.46. The molecule has 4 heteroatoms. The fourth-order valence-corrected chi connectivity index (χ4v) is 2.92. The van der Waals surface area contributed by atoms with Crippen molar-refractivity contribution in [2.24, 2.45) is 0 Å². The van der Waals surface area contributed by atoms with Crippen molar-refractivity contribution < 1.29 is 14.2 Å². The lowest BCUT2D eigenvalue weighted by molar-refractivity contribution is 0.0277. The van der Waals surface area contributed by atoms with Crippen LogP contribution in [-0.2, 0) is 11.2 Å². The lowest BCUT2D eigenvalue weighted by Gasteiger charge is -2.24. The van der Waals surface area contributed by atoms with Crippen LogP contribution in [0.15, 0.2) is 42.5 Å². The fourth-order valence-electron chi connectivity index (χ4n) is 2.92. The first-order chi connectivity index (χ1) is 10.9. The number of nitrogens with one attached hydrogen (secondary N) is 1. The van der Waals surface area contributed by atoms with Crippen LogP contribution in [0.4, 0.5) is 0 Å². The molecule has 0 radical (unpaired) electrons. The fraction of sp³-hybridized carbons (Fsp3) is 0.333. The summed E-state index contributed by atoms with van der Waals surface area (Å²) >= 11 is 0. The molecule has 1 fully saturated rings. The van der Waals surface area contributed by atoms with Crippen LogP contribution in [0.25, 0.3) is 0 Å². The van der Waals surface area contributed by atoms with E-state index in [1.54, 1.807) is 0 Å². The highest BCUT2D eigenvalue weighted by molar-refractivity contribution is 5.45. The van der Waals surface area contributed by atoms with Crippen molar-refractivity contribution in [2.75, 3.05) is 26.5 Å². The first-order valence-corrected chi connectivity index (χ1v) is 7.68. The second kappa shape index (κ2) is 5.99. The van der Waals surface area contributed by atoms with Crippen molar-refractivity contribution in [1.82, 2.24) is 5.32 Å². The van der Waals surface area contributed by atoms with Crippen LogP contribution in [0.5, 0.6) is 11.5 Å². The Labute approximate surface area is 130 Å². The zero-order valence-corrected chi connectivity index (χ0v) is 12.4. The maximum Gasteiger partial charge on any atom is 0.231 e. The minimum atomic E-state index is 0.174. The molecule has 0 amide bonds. The molecule has 2 aromatic carbocycles. The molecule has 2 aromatic rings. The van der Waals surface area contributed by atoms with E-state index in [1.807, 2.05) is 6.07 Å². The van der Waals surface area contributed by atoms with Crippen LogP contribution in [0, 0.1) is 0 Å². The molecule has 1 saturated heterocycles. The lowest BCUT2D eigenvalue weighted by Crippen LogP contribution is -2.33. The maximum absolute atomic E-state index is 5.78. The Bertz CT molecular complexity index is 648. The number of fused-ring (bicyclic) bond motifs is 1. The van der Waals surface area contributed by atoms with Crippen LogP contribution in [0.2, 0.25) is 0 Å². The van der Waals surface area contributed by atoms with Crippen LogP contribution in [-0.4, -0.2) is 26.5 Å². The Morgan fingerprint density at radius 3 is 2.59 bits per heavy atom. The van der Waals surface area contributed by atoms with Gasteiger partial charge in [-0.3, -0.25) is 0 Å². The van der Waals surface area contributed by atoms with Gasteiger partial charge in [0.25, 0.3) is 0 Å². The van der Waals surface area contributed by atoms with Gasteiger partial charge in [-0.1, -0.05) is 30.3 Å². The van der Waals surface area contributed by atoms with E-state index in [1.165, 1.54) is 16.7 Å². The average molecular weight is 297 g/mol. The summed E-state index contributed by atoms with van der Waals surface area (Å²) in [6.45, 7) is 2.94. The van der Waals surface area contributed by atoms with Gasteiger partial charge in [-0.15, -0.1) is 0 Å². The van der Waals surface area contributed by atoms with E-state index in [9.17, 15) is 0 Å². The molecule has 0 bridgehead atoms. The Hall–Kier alpha value is -2.04. The summed E-state index contributed by atoms with van der Waals surface area (Å²) < 4.78 is 16.6. The zero-order valence-electron chi connectivity index (χ0n) is 12.4. The van der Waals surface area contributed by atoms with Crippen LogP contribution in [0.1, 0.15) is 22.8 Å².